The van der Waals surface area contributed by atoms with Crippen molar-refractivity contribution in [2.45, 2.75) is 49.2 Å². The molecule has 0 unspecified atom stereocenters. The second-order valence-corrected chi connectivity index (χ2v) is 11.2. The van der Waals surface area contributed by atoms with Gasteiger partial charge in [-0.05, 0) is 66.8 Å². The number of benzene rings is 1. The smallest absolute Gasteiger partial charge is 0.333 e. The second kappa shape index (κ2) is 7.09. The summed E-state index contributed by atoms with van der Waals surface area (Å²) in [5.74, 6) is -0.186. The Bertz CT molecular complexity index is 1150. The van der Waals surface area contributed by atoms with Gasteiger partial charge in [-0.2, -0.15) is 0 Å². The minimum atomic E-state index is -4.06. The highest BCUT2D eigenvalue weighted by molar-refractivity contribution is 7.92. The van der Waals surface area contributed by atoms with Crippen molar-refractivity contribution in [2.75, 3.05) is 18.9 Å². The Balaban J connectivity index is 1.39. The maximum atomic E-state index is 12.8. The average molecular weight is 446 g/mol. The lowest BCUT2D eigenvalue weighted by Gasteiger charge is -2.21. The van der Waals surface area contributed by atoms with Gasteiger partial charge in [-0.1, -0.05) is 6.07 Å². The zero-order chi connectivity index (χ0) is 21.0. The monoisotopic (exact) mass is 445 g/mol. The molecule has 1 aromatic heterocycles. The largest absolute Gasteiger partial charge is 0.341 e. The Labute approximate surface area is 179 Å². The zero-order valence-corrected chi connectivity index (χ0v) is 18.3. The highest BCUT2D eigenvalue weighted by Crippen LogP contribution is 2.38. The molecule has 0 spiro atoms. The number of carbonyl (C=O) groups is 2. The predicted octanol–water partition coefficient (Wildman–Crippen LogP) is 2.86. The van der Waals surface area contributed by atoms with E-state index in [9.17, 15) is 18.0 Å². The van der Waals surface area contributed by atoms with Crippen LogP contribution in [0.3, 0.4) is 0 Å². The lowest BCUT2D eigenvalue weighted by atomic mass is 9.99. The number of aryl methyl sites for hydroxylation is 2. The molecular weight excluding hydrogens is 422 g/mol. The van der Waals surface area contributed by atoms with Crippen LogP contribution in [0.1, 0.15) is 50.3 Å². The second-order valence-electron chi connectivity index (χ2n) is 8.17. The van der Waals surface area contributed by atoms with Crippen molar-refractivity contribution in [3.05, 3.63) is 44.8 Å². The van der Waals surface area contributed by atoms with E-state index in [-0.39, 0.29) is 10.1 Å². The first-order valence-electron chi connectivity index (χ1n) is 10.2. The van der Waals surface area contributed by atoms with Crippen LogP contribution in [0.2, 0.25) is 0 Å². The lowest BCUT2D eigenvalue weighted by molar-refractivity contribution is 0.0782. The summed E-state index contributed by atoms with van der Waals surface area (Å²) in [5.41, 5.74) is 6.03. The summed E-state index contributed by atoms with van der Waals surface area (Å²) in [6.07, 6.45) is 6.52. The van der Waals surface area contributed by atoms with Gasteiger partial charge >= 0.3 is 6.03 Å². The zero-order valence-electron chi connectivity index (χ0n) is 16.7. The van der Waals surface area contributed by atoms with Gasteiger partial charge in [0.05, 0.1) is 5.56 Å². The van der Waals surface area contributed by atoms with E-state index >= 15 is 0 Å². The fraction of sp³-hybridized carbons (Fsp3) is 0.429. The van der Waals surface area contributed by atoms with Crippen LogP contribution >= 0.6 is 11.3 Å². The molecule has 158 valence electrons. The number of urea groups is 1. The number of hydrogen-bond donors (Lipinski definition) is 2. The summed E-state index contributed by atoms with van der Waals surface area (Å²) in [6.45, 7) is 0.560. The molecular formula is C21H23N3O4S2. The van der Waals surface area contributed by atoms with Crippen LogP contribution in [0.25, 0.3) is 0 Å². The van der Waals surface area contributed by atoms with E-state index < -0.39 is 16.1 Å². The van der Waals surface area contributed by atoms with E-state index in [1.807, 2.05) is 0 Å². The van der Waals surface area contributed by atoms with E-state index in [0.717, 1.165) is 71.6 Å². The number of nitrogens with one attached hydrogen (secondary N) is 2. The van der Waals surface area contributed by atoms with Crippen molar-refractivity contribution in [1.29, 1.82) is 0 Å². The fourth-order valence-corrected chi connectivity index (χ4v) is 7.16. The number of nitrogens with zero attached hydrogens (tertiary/aromatic N) is 1. The van der Waals surface area contributed by atoms with Crippen molar-refractivity contribution >= 4 is 39.0 Å². The topological polar surface area (TPSA) is 95.6 Å². The van der Waals surface area contributed by atoms with E-state index in [0.29, 0.717) is 18.5 Å². The highest BCUT2D eigenvalue weighted by Gasteiger charge is 2.30. The van der Waals surface area contributed by atoms with Crippen LogP contribution in [-0.4, -0.2) is 38.8 Å². The Morgan fingerprint density at radius 1 is 1.03 bits per heavy atom. The minimum Gasteiger partial charge on any atom is -0.341 e. The van der Waals surface area contributed by atoms with Gasteiger partial charge in [0.1, 0.15) is 4.21 Å². The Hall–Kier alpha value is -2.39. The third-order valence-corrected chi connectivity index (χ3v) is 9.24. The van der Waals surface area contributed by atoms with E-state index in [4.69, 9.17) is 0 Å². The first-order valence-corrected chi connectivity index (χ1v) is 12.5. The maximum absolute atomic E-state index is 12.8. The van der Waals surface area contributed by atoms with Gasteiger partial charge in [-0.3, -0.25) is 4.79 Å². The Morgan fingerprint density at radius 2 is 1.70 bits per heavy atom. The van der Waals surface area contributed by atoms with Crippen LogP contribution in [0.5, 0.6) is 0 Å². The third kappa shape index (κ3) is 3.20. The van der Waals surface area contributed by atoms with Gasteiger partial charge < -0.3 is 10.2 Å². The van der Waals surface area contributed by atoms with Crippen LogP contribution in [0.4, 0.5) is 10.5 Å². The minimum absolute atomic E-state index is 0.00480. The highest BCUT2D eigenvalue weighted by atomic mass is 32.2. The third-order valence-electron chi connectivity index (χ3n) is 6.24. The maximum Gasteiger partial charge on any atom is 0.333 e. The number of rotatable bonds is 3. The van der Waals surface area contributed by atoms with Gasteiger partial charge in [0, 0.05) is 30.6 Å². The van der Waals surface area contributed by atoms with Gasteiger partial charge in [0.2, 0.25) is 0 Å². The van der Waals surface area contributed by atoms with Gasteiger partial charge in [-0.25, -0.2) is 17.9 Å². The number of hydrogen-bond acceptors (Lipinski definition) is 5. The molecule has 1 aliphatic heterocycles. The fourth-order valence-electron chi connectivity index (χ4n) is 4.76. The number of carbonyl (C=O) groups excluding carboxylic acids is 2. The van der Waals surface area contributed by atoms with Crippen LogP contribution in [-0.2, 0) is 42.1 Å². The summed E-state index contributed by atoms with van der Waals surface area (Å²) >= 11 is 1.06. The molecule has 2 heterocycles. The van der Waals surface area contributed by atoms with Crippen molar-refractivity contribution in [2.24, 2.45) is 0 Å². The molecule has 1 aromatic carbocycles. The molecule has 0 radical (unpaired) electrons. The molecule has 0 saturated heterocycles. The Kier molecular flexibility index (Phi) is 4.62. The standard InChI is InChI=1S/C21H23N3O4S2/c1-24-9-8-17-16(20(24)25)11-18(29-17)30(27,28)23-21(26)22-19-14-6-2-4-12(14)10-13-5-3-7-15(13)19/h10-11H,2-9H2,1H3,(H2,22,23,26). The molecule has 2 N–H and O–H groups in total. The lowest BCUT2D eigenvalue weighted by Crippen LogP contribution is -2.34. The van der Waals surface area contributed by atoms with Gasteiger partial charge in [-0.15, -0.1) is 11.3 Å². The van der Waals surface area contributed by atoms with Crippen LogP contribution in [0.15, 0.2) is 16.3 Å². The van der Waals surface area contributed by atoms with Crippen LogP contribution in [0, 0.1) is 0 Å². The molecule has 0 saturated carbocycles. The summed E-state index contributed by atoms with van der Waals surface area (Å²) < 4.78 is 27.8. The van der Waals surface area contributed by atoms with E-state index in [2.05, 4.69) is 16.1 Å². The number of amides is 3. The van der Waals surface area contributed by atoms with Crippen LogP contribution < -0.4 is 10.0 Å². The molecule has 0 fully saturated rings. The molecule has 0 bridgehead atoms. The number of sulfonamides is 1. The summed E-state index contributed by atoms with van der Waals surface area (Å²) in [5, 5.41) is 2.85. The summed E-state index contributed by atoms with van der Waals surface area (Å²) in [4.78, 5) is 27.3. The van der Waals surface area contributed by atoms with E-state index in [1.165, 1.54) is 17.2 Å². The van der Waals surface area contributed by atoms with Crippen molar-refractivity contribution in [3.8, 4) is 0 Å². The van der Waals surface area contributed by atoms with Gasteiger partial charge in [0.15, 0.2) is 0 Å². The number of fused-ring (bicyclic) bond motifs is 3. The number of thiophene rings is 1. The quantitative estimate of drug-likeness (QED) is 0.759. The van der Waals surface area contributed by atoms with E-state index in [1.54, 1.807) is 11.9 Å². The molecule has 3 amide bonds. The predicted molar refractivity (Wildman–Crippen MR) is 115 cm³/mol. The molecule has 9 heteroatoms. The molecule has 5 rings (SSSR count). The molecule has 0 atom stereocenters. The normalized spacial score (nSPS) is 17.5. The first-order chi connectivity index (χ1) is 14.3. The molecule has 7 nitrogen and oxygen atoms in total. The SMILES string of the molecule is CN1CCc2sc(S(=O)(=O)NC(=O)Nc3c4c(cc5c3CCC5)CCC4)cc2C1=O. The molecule has 30 heavy (non-hydrogen) atoms. The molecule has 2 aliphatic carbocycles. The number of anilines is 1. The van der Waals surface area contributed by atoms with Crippen molar-refractivity contribution in [3.63, 3.8) is 0 Å². The van der Waals surface area contributed by atoms with Crippen molar-refractivity contribution < 1.29 is 18.0 Å². The first kappa shape index (κ1) is 19.6. The number of likely N-dealkylation sites (N-methyl/N-ethyl adjacent to an activating group) is 1. The average Bonchev–Trinajstić information content (AvgIpc) is 3.42. The Morgan fingerprint density at radius 3 is 2.37 bits per heavy atom. The van der Waals surface area contributed by atoms with Gasteiger partial charge in [0.25, 0.3) is 15.9 Å². The summed E-state index contributed by atoms with van der Waals surface area (Å²) in [6, 6.07) is 2.89. The molecule has 3 aliphatic rings. The summed E-state index contributed by atoms with van der Waals surface area (Å²) in [7, 11) is -2.36. The molecule has 2 aromatic rings. The van der Waals surface area contributed by atoms with Crippen molar-refractivity contribution in [1.82, 2.24) is 9.62 Å².